The van der Waals surface area contributed by atoms with Crippen LogP contribution in [0.4, 0.5) is 0 Å². The molecule has 532 valence electrons. The number of para-hydroxylation sites is 6. The van der Waals surface area contributed by atoms with Gasteiger partial charge in [-0.1, -0.05) is 303 Å². The van der Waals surface area contributed by atoms with Gasteiger partial charge in [0, 0.05) is 87.8 Å². The molecule has 0 saturated carbocycles. The van der Waals surface area contributed by atoms with E-state index in [0.717, 1.165) is 72.3 Å². The van der Waals surface area contributed by atoms with Crippen molar-refractivity contribution in [2.24, 2.45) is 0 Å². The Morgan fingerprint density at radius 3 is 0.894 bits per heavy atom. The highest BCUT2D eigenvalue weighted by Crippen LogP contribution is 2.41. The van der Waals surface area contributed by atoms with Crippen LogP contribution in [0.5, 0.6) is 0 Å². The third kappa shape index (κ3) is 12.9. The number of halogens is 1. The van der Waals surface area contributed by atoms with Gasteiger partial charge in [0.15, 0.2) is 11.6 Å². The van der Waals surface area contributed by atoms with Gasteiger partial charge in [-0.2, -0.15) is 9.97 Å². The second kappa shape index (κ2) is 29.2. The van der Waals surface area contributed by atoms with E-state index in [4.69, 9.17) is 26.6 Å². The molecule has 10 heteroatoms. The van der Waals surface area contributed by atoms with Crippen molar-refractivity contribution in [3.63, 3.8) is 0 Å². The number of nitrogens with one attached hydrogen (secondary N) is 1. The van der Waals surface area contributed by atoms with Gasteiger partial charge in [-0.05, 0) is 159 Å². The van der Waals surface area contributed by atoms with Crippen molar-refractivity contribution in [1.29, 1.82) is 0 Å². The average Bonchev–Trinajstić information content (AvgIpc) is 1.60. The summed E-state index contributed by atoms with van der Waals surface area (Å²) in [5.74, 6) is 1.86. The first kappa shape index (κ1) is 67.5. The number of fused-ring (bicyclic) bond motifs is 12. The molecule has 0 radical (unpaired) electrons. The molecule has 0 saturated heterocycles. The molecular formula is C103H68ClN9. The molecule has 0 bridgehead atoms. The maximum Gasteiger partial charge on any atom is 0.238 e. The number of hydrogen-bond donors (Lipinski definition) is 1. The molecule has 0 aliphatic heterocycles. The number of aromatic nitrogens is 9. The minimum Gasteiger partial charge on any atom is -0.355 e. The van der Waals surface area contributed by atoms with E-state index < -0.39 is 0 Å². The molecule has 22 rings (SSSR count). The molecule has 0 fully saturated rings. The van der Waals surface area contributed by atoms with E-state index in [1.54, 1.807) is 0 Å². The molecule has 16 aromatic carbocycles. The first-order chi connectivity index (χ1) is 55.9. The summed E-state index contributed by atoms with van der Waals surface area (Å²) in [4.78, 5) is 27.2. The fraction of sp³-hybridized carbons (Fsp3) is 0. The highest BCUT2D eigenvalue weighted by molar-refractivity contribution is 6.28. The highest BCUT2D eigenvalue weighted by atomic mass is 35.5. The monoisotopic (exact) mass is 1470 g/mol. The Hall–Kier alpha value is -14.9. The van der Waals surface area contributed by atoms with Gasteiger partial charge in [0.1, 0.15) is 0 Å². The zero-order valence-electron chi connectivity index (χ0n) is 61.1. The van der Waals surface area contributed by atoms with Gasteiger partial charge in [-0.3, -0.25) is 4.57 Å². The molecule has 0 atom stereocenters. The summed E-state index contributed by atoms with van der Waals surface area (Å²) in [6.07, 6.45) is 0. The zero-order chi connectivity index (χ0) is 75.1. The van der Waals surface area contributed by atoms with Crippen LogP contribution >= 0.6 is 11.6 Å². The largest absolute Gasteiger partial charge is 0.355 e. The molecule has 113 heavy (non-hydrogen) atoms. The van der Waals surface area contributed by atoms with E-state index in [1.807, 2.05) is 127 Å². The fourth-order valence-corrected chi connectivity index (χ4v) is 16.1. The molecule has 6 heterocycles. The smallest absolute Gasteiger partial charge is 0.238 e. The number of hydrogen-bond acceptors (Lipinski definition) is 5. The molecule has 0 spiro atoms. The normalized spacial score (nSPS) is 11.4. The number of H-pyrrole nitrogens is 1. The van der Waals surface area contributed by atoms with Crippen molar-refractivity contribution in [2.45, 2.75) is 0 Å². The van der Waals surface area contributed by atoms with Crippen molar-refractivity contribution in [3.05, 3.63) is 412 Å². The third-order valence-electron chi connectivity index (χ3n) is 21.4. The van der Waals surface area contributed by atoms with E-state index in [-0.39, 0.29) is 5.28 Å². The third-order valence-corrected chi connectivity index (χ3v) is 21.6. The second-order valence-corrected chi connectivity index (χ2v) is 28.5. The lowest BCUT2D eigenvalue weighted by Gasteiger charge is -2.11. The van der Waals surface area contributed by atoms with Gasteiger partial charge in [0.2, 0.25) is 11.2 Å². The molecule has 0 aliphatic rings. The van der Waals surface area contributed by atoms with Gasteiger partial charge in [0.25, 0.3) is 0 Å². The van der Waals surface area contributed by atoms with E-state index in [1.165, 1.54) is 104 Å². The molecule has 6 aromatic heterocycles. The van der Waals surface area contributed by atoms with Crippen LogP contribution in [0.2, 0.25) is 5.28 Å². The van der Waals surface area contributed by atoms with Crippen LogP contribution in [0.25, 0.3) is 194 Å². The Morgan fingerprint density at radius 1 is 0.195 bits per heavy atom. The summed E-state index contributed by atoms with van der Waals surface area (Å²) in [6, 6.07) is 143. The first-order valence-electron chi connectivity index (χ1n) is 37.9. The molecule has 22 aromatic rings. The van der Waals surface area contributed by atoms with Crippen molar-refractivity contribution in [2.75, 3.05) is 0 Å². The van der Waals surface area contributed by atoms with Gasteiger partial charge in [-0.25, -0.2) is 15.0 Å². The Labute approximate surface area is 657 Å². The maximum absolute atomic E-state index is 6.03. The summed E-state index contributed by atoms with van der Waals surface area (Å²) in [5.41, 5.74) is 26.9. The Bertz CT molecular complexity index is 7150. The Balaban J connectivity index is 0.000000125. The van der Waals surface area contributed by atoms with Crippen molar-refractivity contribution >= 4 is 98.8 Å². The van der Waals surface area contributed by atoms with Crippen molar-refractivity contribution in [3.8, 4) is 107 Å². The van der Waals surface area contributed by atoms with Crippen LogP contribution < -0.4 is 0 Å². The van der Waals surface area contributed by atoms with Crippen LogP contribution in [-0.4, -0.2) is 43.6 Å². The highest BCUT2D eigenvalue weighted by Gasteiger charge is 2.21. The van der Waals surface area contributed by atoms with Gasteiger partial charge in [-0.15, -0.1) is 0 Å². The number of nitrogens with zero attached hydrogens (tertiary/aromatic N) is 8. The van der Waals surface area contributed by atoms with Gasteiger partial charge in [0.05, 0.1) is 44.5 Å². The van der Waals surface area contributed by atoms with Gasteiger partial charge >= 0.3 is 0 Å². The van der Waals surface area contributed by atoms with E-state index in [0.29, 0.717) is 17.6 Å². The first-order valence-corrected chi connectivity index (χ1v) is 38.3. The number of benzene rings is 16. The predicted molar refractivity (Wildman–Crippen MR) is 469 cm³/mol. The minimum absolute atomic E-state index is 0.264. The molecule has 0 amide bonds. The lowest BCUT2D eigenvalue weighted by atomic mass is 9.98. The predicted octanol–water partition coefficient (Wildman–Crippen LogP) is 27.0. The number of rotatable bonds is 11. The standard InChI is InChI=1S/C51H33N5.C36H24N2.C16H11ClN2/c1-4-14-36(15-5-1)49-52-50(37-16-6-2-7-17-37)54-51(53-49)56-46-23-13-11-21-42(46)44-33-39(29-31-48(44)56)35-26-24-34(25-27-35)38-28-30-47-43(32-38)41-20-10-12-22-45(41)55(47)40-18-8-3-9-19-40;1-2-8-28(9-3-1)38-35-13-7-5-11-30(35)32-23-27(19-21-36(32)38)25-16-14-24(15-17-25)26-18-20-34-31(22-26)29-10-4-6-12-33(29)37-34;17-16-18-14(12-7-3-1-4-8-12)11-15(19-16)13-9-5-2-6-10-13/h1-33H;1-23,37H;1-11H. The Morgan fingerprint density at radius 2 is 0.487 bits per heavy atom. The molecule has 0 unspecified atom stereocenters. The van der Waals surface area contributed by atoms with Gasteiger partial charge < -0.3 is 14.1 Å². The molecule has 9 nitrogen and oxygen atoms in total. The number of aromatic amines is 1. The fourth-order valence-electron chi connectivity index (χ4n) is 16.0. The Kier molecular flexibility index (Phi) is 17.5. The quantitative estimate of drug-likeness (QED) is 0.130. The zero-order valence-corrected chi connectivity index (χ0v) is 61.9. The van der Waals surface area contributed by atoms with Crippen molar-refractivity contribution in [1.82, 2.24) is 43.6 Å². The van der Waals surface area contributed by atoms with Crippen LogP contribution in [0.1, 0.15) is 0 Å². The van der Waals surface area contributed by atoms with Crippen LogP contribution in [0, 0.1) is 0 Å². The van der Waals surface area contributed by atoms with E-state index >= 15 is 0 Å². The molecule has 0 aliphatic carbocycles. The minimum atomic E-state index is 0.264. The molecule has 1 N–H and O–H groups in total. The summed E-state index contributed by atoms with van der Waals surface area (Å²) in [6.45, 7) is 0. The van der Waals surface area contributed by atoms with E-state index in [9.17, 15) is 0 Å². The maximum atomic E-state index is 6.03. The van der Waals surface area contributed by atoms with Crippen LogP contribution in [0.15, 0.2) is 406 Å². The van der Waals surface area contributed by atoms with Crippen LogP contribution in [0.3, 0.4) is 0 Å². The van der Waals surface area contributed by atoms with Crippen LogP contribution in [-0.2, 0) is 0 Å². The second-order valence-electron chi connectivity index (χ2n) is 28.2. The lowest BCUT2D eigenvalue weighted by Crippen LogP contribution is -2.06. The average molecular weight is 1470 g/mol. The molecular weight excluding hydrogens is 1400 g/mol. The van der Waals surface area contributed by atoms with E-state index in [2.05, 4.69) is 308 Å². The lowest BCUT2D eigenvalue weighted by molar-refractivity contribution is 0.953. The van der Waals surface area contributed by atoms with Crippen molar-refractivity contribution < 1.29 is 0 Å². The summed E-state index contributed by atoms with van der Waals surface area (Å²) in [7, 11) is 0. The summed E-state index contributed by atoms with van der Waals surface area (Å²) >= 11 is 6.03. The summed E-state index contributed by atoms with van der Waals surface area (Å²) < 4.78 is 6.89. The summed E-state index contributed by atoms with van der Waals surface area (Å²) in [5, 5.41) is 10.1. The SMILES string of the molecule is Clc1nc(-c2ccccc2)cc(-c2ccccc2)n1.c1ccc(-c2nc(-c3ccccc3)nc(-n3c4ccccc4c4cc(-c5ccc(-c6ccc7c(c6)c6ccccc6n7-c6ccccc6)cc5)ccc43)n2)cc1.c1ccc(-n2c3ccccc3c3cc(-c4ccc(-c5ccc6[nH]c7ccccc7c6c5)cc4)ccc32)cc1. The topological polar surface area (TPSA) is 95.0 Å².